The van der Waals surface area contributed by atoms with Crippen molar-refractivity contribution in [2.24, 2.45) is 0 Å². The average molecular weight is 571 g/mol. The Morgan fingerprint density at radius 3 is 2.19 bits per heavy atom. The molecule has 2 aliphatic rings. The van der Waals surface area contributed by atoms with Crippen molar-refractivity contribution in [1.29, 1.82) is 5.26 Å². The van der Waals surface area contributed by atoms with Crippen LogP contribution < -0.4 is 21.6 Å². The van der Waals surface area contributed by atoms with E-state index in [4.69, 9.17) is 0 Å². The van der Waals surface area contributed by atoms with Gasteiger partial charge in [0.1, 0.15) is 11.9 Å². The van der Waals surface area contributed by atoms with Crippen molar-refractivity contribution in [1.82, 2.24) is 36.0 Å². The minimum absolute atomic E-state index is 0.0658. The number of amides is 3. The molecule has 12 heteroatoms. The summed E-state index contributed by atoms with van der Waals surface area (Å²) in [6.45, 7) is 1.01. The minimum Gasteiger partial charge on any atom is -0.355 e. The van der Waals surface area contributed by atoms with E-state index in [1.165, 1.54) is 0 Å². The number of carbonyl (C=O) groups excluding carboxylic acids is 3. The third-order valence-corrected chi connectivity index (χ3v) is 8.35. The van der Waals surface area contributed by atoms with Gasteiger partial charge in [-0.1, -0.05) is 12.1 Å². The van der Waals surface area contributed by atoms with E-state index in [1.807, 2.05) is 24.3 Å². The Morgan fingerprint density at radius 1 is 1.05 bits per heavy atom. The summed E-state index contributed by atoms with van der Waals surface area (Å²) in [5.74, 6) is -0.154. The molecule has 2 heterocycles. The highest BCUT2D eigenvalue weighted by Gasteiger charge is 2.44. The van der Waals surface area contributed by atoms with Gasteiger partial charge in [-0.05, 0) is 85.2 Å². The number of rotatable bonds is 8. The zero-order valence-electron chi connectivity index (χ0n) is 23.7. The Hall–Kier alpha value is -4.76. The largest absolute Gasteiger partial charge is 0.355 e. The lowest BCUT2D eigenvalue weighted by atomic mass is 9.69. The number of benzene rings is 2. The molecule has 218 valence electrons. The van der Waals surface area contributed by atoms with Gasteiger partial charge in [0.15, 0.2) is 0 Å². The van der Waals surface area contributed by atoms with Crippen molar-refractivity contribution in [3.63, 3.8) is 0 Å². The lowest BCUT2D eigenvalue weighted by Gasteiger charge is -2.35. The fourth-order valence-corrected chi connectivity index (χ4v) is 6.31. The van der Waals surface area contributed by atoms with Gasteiger partial charge in [0.05, 0.1) is 18.0 Å². The molecule has 3 amide bonds. The monoisotopic (exact) mass is 570 g/mol. The van der Waals surface area contributed by atoms with Crippen LogP contribution in [0.15, 0.2) is 41.2 Å². The van der Waals surface area contributed by atoms with E-state index >= 15 is 0 Å². The second kappa shape index (κ2) is 12.0. The van der Waals surface area contributed by atoms with Gasteiger partial charge in [-0.3, -0.25) is 19.4 Å². The molecule has 1 aliphatic carbocycles. The number of hydrogen-bond donors (Lipinski definition) is 5. The van der Waals surface area contributed by atoms with Crippen LogP contribution in [0.2, 0.25) is 0 Å². The van der Waals surface area contributed by atoms with Gasteiger partial charge in [0, 0.05) is 31.8 Å². The zero-order chi connectivity index (χ0) is 29.9. The second-order valence-electron chi connectivity index (χ2n) is 10.6. The molecule has 12 nitrogen and oxygen atoms in total. The van der Waals surface area contributed by atoms with Crippen molar-refractivity contribution >= 4 is 17.7 Å². The first-order chi connectivity index (χ1) is 20.3. The van der Waals surface area contributed by atoms with Crippen LogP contribution in [0.3, 0.4) is 0 Å². The van der Waals surface area contributed by atoms with Gasteiger partial charge < -0.3 is 20.9 Å². The molecular weight excluding hydrogens is 536 g/mol. The summed E-state index contributed by atoms with van der Waals surface area (Å²) in [7, 11) is 3.16. The Balaban J connectivity index is 1.58. The number of carbonyl (C=O) groups is 3. The lowest BCUT2D eigenvalue weighted by molar-refractivity contribution is -0.130. The number of likely N-dealkylation sites (tertiary alicyclic amines) is 1. The lowest BCUT2D eigenvalue weighted by Crippen LogP contribution is -2.42. The third-order valence-electron chi connectivity index (χ3n) is 8.35. The number of aromatic nitrogens is 3. The number of fused-ring (bicyclic) bond motifs is 2. The van der Waals surface area contributed by atoms with Gasteiger partial charge >= 0.3 is 5.69 Å². The Labute approximate surface area is 242 Å². The highest BCUT2D eigenvalue weighted by atomic mass is 16.2. The molecule has 42 heavy (non-hydrogen) atoms. The highest BCUT2D eigenvalue weighted by molar-refractivity contribution is 5.95. The SMILES string of the molecule is CNC(=O)c1ccc2c(c1)CCc1cc(C(=O)NC)ccc1C2(CCNCC(=O)N1CCCC1C#N)c1n[nH]c(=O)[nH]1. The van der Waals surface area contributed by atoms with E-state index in [1.54, 1.807) is 31.1 Å². The van der Waals surface area contributed by atoms with E-state index in [0.717, 1.165) is 28.7 Å². The third kappa shape index (κ3) is 5.19. The number of nitrogens with zero attached hydrogens (tertiary/aromatic N) is 3. The minimum atomic E-state index is -0.971. The van der Waals surface area contributed by atoms with Crippen LogP contribution in [0, 0.1) is 11.3 Å². The van der Waals surface area contributed by atoms with E-state index in [2.05, 4.69) is 37.2 Å². The van der Waals surface area contributed by atoms with Crippen LogP contribution in [0.25, 0.3) is 0 Å². The maximum Gasteiger partial charge on any atom is 0.340 e. The van der Waals surface area contributed by atoms with Crippen molar-refractivity contribution in [3.05, 3.63) is 86.1 Å². The molecule has 1 fully saturated rings. The fraction of sp³-hybridized carbons (Fsp3) is 0.400. The smallest absolute Gasteiger partial charge is 0.340 e. The van der Waals surface area contributed by atoms with E-state index in [-0.39, 0.29) is 24.3 Å². The van der Waals surface area contributed by atoms with Gasteiger partial charge in [0.2, 0.25) is 5.91 Å². The molecule has 5 rings (SSSR count). The average Bonchev–Trinajstić information content (AvgIpc) is 3.66. The molecule has 1 atom stereocenters. The molecule has 3 aromatic rings. The Bertz CT molecular complexity index is 1550. The van der Waals surface area contributed by atoms with Crippen molar-refractivity contribution in [2.45, 2.75) is 43.6 Å². The van der Waals surface area contributed by atoms with Gasteiger partial charge in [-0.25, -0.2) is 9.89 Å². The van der Waals surface area contributed by atoms with Crippen molar-refractivity contribution < 1.29 is 14.4 Å². The molecule has 1 aromatic heterocycles. The number of nitrogens with one attached hydrogen (secondary N) is 5. The molecule has 0 bridgehead atoms. The number of aromatic amines is 2. The van der Waals surface area contributed by atoms with Crippen LogP contribution >= 0.6 is 0 Å². The molecule has 0 saturated carbocycles. The predicted octanol–water partition coefficient (Wildman–Crippen LogP) is 0.744. The summed E-state index contributed by atoms with van der Waals surface area (Å²) in [5.41, 5.74) is 3.19. The number of H-pyrrole nitrogens is 2. The molecular formula is C30H34N8O4. The molecule has 0 spiro atoms. The number of hydrogen-bond acceptors (Lipinski definition) is 7. The van der Waals surface area contributed by atoms with Crippen LogP contribution in [0.4, 0.5) is 0 Å². The highest BCUT2D eigenvalue weighted by Crippen LogP contribution is 2.46. The van der Waals surface area contributed by atoms with E-state index in [0.29, 0.717) is 55.7 Å². The maximum atomic E-state index is 12.9. The topological polar surface area (TPSA) is 176 Å². The molecule has 5 N–H and O–H groups in total. The molecule has 1 saturated heterocycles. The number of aryl methyl sites for hydroxylation is 2. The summed E-state index contributed by atoms with van der Waals surface area (Å²) in [6, 6.07) is 12.9. The summed E-state index contributed by atoms with van der Waals surface area (Å²) < 4.78 is 0. The summed E-state index contributed by atoms with van der Waals surface area (Å²) in [5, 5.41) is 24.9. The zero-order valence-corrected chi connectivity index (χ0v) is 23.7. The van der Waals surface area contributed by atoms with Gasteiger partial charge in [0.25, 0.3) is 11.8 Å². The predicted molar refractivity (Wildman–Crippen MR) is 154 cm³/mol. The second-order valence-corrected chi connectivity index (χ2v) is 10.6. The summed E-state index contributed by atoms with van der Waals surface area (Å²) in [6.07, 6.45) is 3.08. The summed E-state index contributed by atoms with van der Waals surface area (Å²) in [4.78, 5) is 54.9. The van der Waals surface area contributed by atoms with Crippen LogP contribution in [-0.2, 0) is 23.1 Å². The van der Waals surface area contributed by atoms with Crippen molar-refractivity contribution in [2.75, 3.05) is 33.7 Å². The van der Waals surface area contributed by atoms with E-state index < -0.39 is 17.1 Å². The van der Waals surface area contributed by atoms with Gasteiger partial charge in [-0.15, -0.1) is 0 Å². The Morgan fingerprint density at radius 2 is 1.67 bits per heavy atom. The fourth-order valence-electron chi connectivity index (χ4n) is 6.31. The molecule has 1 aliphatic heterocycles. The Kier molecular flexibility index (Phi) is 8.22. The van der Waals surface area contributed by atoms with E-state index in [9.17, 15) is 24.4 Å². The maximum absolute atomic E-state index is 12.9. The molecule has 2 aromatic carbocycles. The first kappa shape index (κ1) is 28.8. The van der Waals surface area contributed by atoms with Crippen LogP contribution in [-0.4, -0.2) is 77.6 Å². The normalized spacial score (nSPS) is 17.0. The standard InChI is InChI=1S/C30H34N8O4/c1-32-26(40)20-7-9-23-18(14-20)5-6-19-15-21(27(41)33-2)8-10-24(19)30(23,28-35-29(42)37-36-28)11-12-34-17-25(39)38-13-3-4-22(38)16-31/h7-10,14-15,22,34H,3-6,11-13,17H2,1-2H3,(H,32,40)(H,33,41)(H2,35,36,37,42). The first-order valence-electron chi connectivity index (χ1n) is 14.1. The molecule has 1 unspecified atom stereocenters. The van der Waals surface area contributed by atoms with Crippen LogP contribution in [0.1, 0.15) is 68.1 Å². The number of nitriles is 1. The molecule has 0 radical (unpaired) electrons. The summed E-state index contributed by atoms with van der Waals surface area (Å²) >= 11 is 0. The first-order valence-corrected chi connectivity index (χ1v) is 14.1. The quantitative estimate of drug-likeness (QED) is 0.248. The van der Waals surface area contributed by atoms with Crippen molar-refractivity contribution in [3.8, 4) is 6.07 Å². The van der Waals surface area contributed by atoms with Gasteiger partial charge in [-0.2, -0.15) is 10.4 Å². The van der Waals surface area contributed by atoms with Crippen LogP contribution in [0.5, 0.6) is 0 Å².